The van der Waals surface area contributed by atoms with Crippen molar-refractivity contribution in [3.63, 3.8) is 0 Å². The molecule has 8 nitrogen and oxygen atoms in total. The number of rotatable bonds is 2. The average Bonchev–Trinajstić information content (AvgIpc) is 3.12. The molecule has 4 unspecified atom stereocenters. The minimum absolute atomic E-state index is 0.0567. The van der Waals surface area contributed by atoms with E-state index in [1.54, 1.807) is 11.5 Å². The van der Waals surface area contributed by atoms with Crippen LogP contribution < -0.4 is 20.8 Å². The molecule has 0 spiro atoms. The number of carbonyl (C=O) groups is 1. The number of anilines is 1. The molecular formula is C21H22FN3O5. The van der Waals surface area contributed by atoms with Gasteiger partial charge in [-0.2, -0.15) is 0 Å². The molecule has 0 amide bonds. The lowest BCUT2D eigenvalue weighted by Gasteiger charge is -2.31. The van der Waals surface area contributed by atoms with Crippen LogP contribution in [0.1, 0.15) is 25.1 Å². The molecule has 3 aliphatic rings. The first kappa shape index (κ1) is 19.1. The Hall–Kier alpha value is -2.91. The summed E-state index contributed by atoms with van der Waals surface area (Å²) in [6, 6.07) is 1.12. The van der Waals surface area contributed by atoms with Crippen molar-refractivity contribution >= 4 is 22.7 Å². The van der Waals surface area contributed by atoms with Crippen LogP contribution >= 0.6 is 0 Å². The predicted octanol–water partition coefficient (Wildman–Crippen LogP) is 2.59. The normalized spacial score (nSPS) is 27.4. The minimum atomic E-state index is -1.61. The Morgan fingerprint density at radius 2 is 2.20 bits per heavy atom. The molecule has 30 heavy (non-hydrogen) atoms. The zero-order valence-electron chi connectivity index (χ0n) is 16.4. The summed E-state index contributed by atoms with van der Waals surface area (Å²) in [4.78, 5) is 25.8. The second kappa shape index (κ2) is 6.82. The number of hydrogen-bond donors (Lipinski definition) is 2. The van der Waals surface area contributed by atoms with Crippen molar-refractivity contribution < 1.29 is 23.8 Å². The zero-order chi connectivity index (χ0) is 21.2. The summed E-state index contributed by atoms with van der Waals surface area (Å²) >= 11 is 0. The molecule has 0 bridgehead atoms. The summed E-state index contributed by atoms with van der Waals surface area (Å²) in [5.41, 5.74) is 7.15. The quantitative estimate of drug-likeness (QED) is 0.573. The molecule has 5 rings (SSSR count). The van der Waals surface area contributed by atoms with Gasteiger partial charge in [0.1, 0.15) is 12.0 Å². The van der Waals surface area contributed by atoms with Gasteiger partial charge < -0.3 is 29.8 Å². The fourth-order valence-electron chi connectivity index (χ4n) is 5.07. The third-order valence-corrected chi connectivity index (χ3v) is 6.46. The summed E-state index contributed by atoms with van der Waals surface area (Å²) < 4.78 is 27.4. The molecule has 1 aromatic carbocycles. The number of aromatic nitrogens is 1. The number of pyridine rings is 1. The standard InChI is InChI=1S/C21H22FN3O5/c1-10-25-8-17(30-21(27)28)20(26)12-5-15(22)19(14(9-29-10)18(12)25)24-6-11-3-2-4-16(23)13(11)7-24/h2,4-5,8,10-11,13,16H,3,6-7,9,23H2,1H3,(H,27,28). The van der Waals surface area contributed by atoms with Crippen molar-refractivity contribution in [2.45, 2.75) is 32.2 Å². The van der Waals surface area contributed by atoms with E-state index in [1.165, 1.54) is 12.3 Å². The Bertz CT molecular complexity index is 1140. The van der Waals surface area contributed by atoms with E-state index in [9.17, 15) is 9.59 Å². The Morgan fingerprint density at radius 1 is 1.40 bits per heavy atom. The first-order valence-corrected chi connectivity index (χ1v) is 9.95. The maximum absolute atomic E-state index is 15.4. The Balaban J connectivity index is 1.68. The number of nitrogens with two attached hydrogens (primary N) is 1. The van der Waals surface area contributed by atoms with Gasteiger partial charge in [0.05, 0.1) is 29.4 Å². The van der Waals surface area contributed by atoms with E-state index in [4.69, 9.17) is 15.6 Å². The highest BCUT2D eigenvalue weighted by atomic mass is 19.1. The van der Waals surface area contributed by atoms with E-state index < -0.39 is 23.6 Å². The molecule has 158 valence electrons. The van der Waals surface area contributed by atoms with Crippen LogP contribution in [0.15, 0.2) is 29.2 Å². The lowest BCUT2D eigenvalue weighted by atomic mass is 9.83. The molecule has 1 aliphatic carbocycles. The van der Waals surface area contributed by atoms with Gasteiger partial charge in [-0.25, -0.2) is 9.18 Å². The van der Waals surface area contributed by atoms with Crippen LogP contribution in [-0.2, 0) is 11.3 Å². The molecule has 2 aromatic rings. The van der Waals surface area contributed by atoms with E-state index in [-0.39, 0.29) is 29.7 Å². The van der Waals surface area contributed by atoms with Crippen molar-refractivity contribution in [2.75, 3.05) is 18.0 Å². The lowest BCUT2D eigenvalue weighted by molar-refractivity contribution is -0.00204. The molecule has 0 radical (unpaired) electrons. The summed E-state index contributed by atoms with van der Waals surface area (Å²) in [5.74, 6) is -0.319. The Morgan fingerprint density at radius 3 is 2.93 bits per heavy atom. The van der Waals surface area contributed by atoms with Gasteiger partial charge in [-0.1, -0.05) is 12.2 Å². The van der Waals surface area contributed by atoms with Crippen LogP contribution in [-0.4, -0.2) is 35.0 Å². The number of carboxylic acid groups (broad SMARTS) is 1. The fraction of sp³-hybridized carbons (Fsp3) is 0.429. The van der Waals surface area contributed by atoms with Gasteiger partial charge in [0.15, 0.2) is 5.75 Å². The molecule has 4 atom stereocenters. The first-order chi connectivity index (χ1) is 14.3. The van der Waals surface area contributed by atoms with Crippen LogP contribution in [0.3, 0.4) is 0 Å². The van der Waals surface area contributed by atoms with Crippen LogP contribution in [0.2, 0.25) is 0 Å². The van der Waals surface area contributed by atoms with Crippen molar-refractivity contribution in [2.24, 2.45) is 17.6 Å². The number of allylic oxidation sites excluding steroid dienone is 1. The lowest BCUT2D eigenvalue weighted by Crippen LogP contribution is -2.35. The molecule has 2 aliphatic heterocycles. The Labute approximate surface area is 171 Å². The van der Waals surface area contributed by atoms with Crippen molar-refractivity contribution in [3.05, 3.63) is 46.0 Å². The minimum Gasteiger partial charge on any atom is -0.449 e. The highest BCUT2D eigenvalue weighted by molar-refractivity contribution is 5.89. The second-order valence-electron chi connectivity index (χ2n) is 8.16. The van der Waals surface area contributed by atoms with Crippen LogP contribution in [0.25, 0.3) is 10.9 Å². The molecule has 3 heterocycles. The summed E-state index contributed by atoms with van der Waals surface area (Å²) in [5, 5.41) is 9.01. The van der Waals surface area contributed by atoms with Gasteiger partial charge in [-0.15, -0.1) is 0 Å². The van der Waals surface area contributed by atoms with Crippen LogP contribution in [0, 0.1) is 17.7 Å². The number of ether oxygens (including phenoxy) is 2. The smallest absolute Gasteiger partial charge is 0.449 e. The van der Waals surface area contributed by atoms with Crippen molar-refractivity contribution in [3.8, 4) is 5.75 Å². The third-order valence-electron chi connectivity index (χ3n) is 6.46. The van der Waals surface area contributed by atoms with Crippen molar-refractivity contribution in [1.82, 2.24) is 4.57 Å². The summed E-state index contributed by atoms with van der Waals surface area (Å²) in [7, 11) is 0. The van der Waals surface area contributed by atoms with Gasteiger partial charge in [0.25, 0.3) is 0 Å². The number of halogens is 1. The third kappa shape index (κ3) is 2.80. The van der Waals surface area contributed by atoms with Crippen LogP contribution in [0.4, 0.5) is 14.9 Å². The van der Waals surface area contributed by atoms with Gasteiger partial charge >= 0.3 is 6.16 Å². The van der Waals surface area contributed by atoms with Gasteiger partial charge in [-0.05, 0) is 31.2 Å². The highest BCUT2D eigenvalue weighted by Gasteiger charge is 2.39. The highest BCUT2D eigenvalue weighted by Crippen LogP contribution is 2.42. The largest absolute Gasteiger partial charge is 0.511 e. The average molecular weight is 415 g/mol. The number of nitrogens with zero attached hydrogens (tertiary/aromatic N) is 2. The van der Waals surface area contributed by atoms with E-state index in [0.29, 0.717) is 35.8 Å². The van der Waals surface area contributed by atoms with E-state index in [0.717, 1.165) is 6.42 Å². The number of hydrogen-bond acceptors (Lipinski definition) is 6. The zero-order valence-corrected chi connectivity index (χ0v) is 16.4. The van der Waals surface area contributed by atoms with E-state index >= 15 is 4.39 Å². The maximum Gasteiger partial charge on any atom is 0.511 e. The summed E-state index contributed by atoms with van der Waals surface area (Å²) in [6.45, 7) is 3.23. The topological polar surface area (TPSA) is 107 Å². The molecular weight excluding hydrogens is 393 g/mol. The monoisotopic (exact) mass is 415 g/mol. The van der Waals surface area contributed by atoms with E-state index in [1.807, 2.05) is 11.0 Å². The fourth-order valence-corrected chi connectivity index (χ4v) is 5.07. The SMILES string of the molecule is CC1OCc2c(N3CC4CC=CC(N)C4C3)c(F)cc3c(=O)c(OC(=O)O)cn1c23. The second-order valence-corrected chi connectivity index (χ2v) is 8.16. The van der Waals surface area contributed by atoms with Gasteiger partial charge in [-0.3, -0.25) is 4.79 Å². The molecule has 0 saturated carbocycles. The first-order valence-electron chi connectivity index (χ1n) is 9.95. The number of benzene rings is 1. The van der Waals surface area contributed by atoms with Gasteiger partial charge in [0, 0.05) is 24.7 Å². The molecule has 1 saturated heterocycles. The van der Waals surface area contributed by atoms with Crippen molar-refractivity contribution in [1.29, 1.82) is 0 Å². The molecule has 1 fully saturated rings. The van der Waals surface area contributed by atoms with E-state index in [2.05, 4.69) is 10.8 Å². The summed E-state index contributed by atoms with van der Waals surface area (Å²) in [6.07, 6.45) is 4.25. The molecule has 1 aromatic heterocycles. The number of fused-ring (bicyclic) bond motifs is 1. The van der Waals surface area contributed by atoms with Gasteiger partial charge in [0.2, 0.25) is 5.43 Å². The van der Waals surface area contributed by atoms with Crippen LogP contribution in [0.5, 0.6) is 5.75 Å². The molecule has 3 N–H and O–H groups in total. The maximum atomic E-state index is 15.4. The molecule has 9 heteroatoms. The predicted molar refractivity (Wildman–Crippen MR) is 107 cm³/mol. The Kier molecular flexibility index (Phi) is 4.33.